The number of hydrogen-bond acceptors (Lipinski definition) is 6. The molecule has 2 aromatic carbocycles. The molecule has 1 unspecified atom stereocenters. The second-order valence-electron chi connectivity index (χ2n) is 10.0. The van der Waals surface area contributed by atoms with Crippen molar-refractivity contribution in [2.75, 3.05) is 24.7 Å². The second kappa shape index (κ2) is 9.59. The Bertz CT molecular complexity index is 1340. The molecule has 0 radical (unpaired) electrons. The minimum absolute atomic E-state index is 0.158. The van der Waals surface area contributed by atoms with E-state index in [1.165, 1.54) is 16.7 Å². The molecule has 2 fully saturated rings. The third-order valence-electron chi connectivity index (χ3n) is 8.00. The summed E-state index contributed by atoms with van der Waals surface area (Å²) >= 11 is 8.08. The average Bonchev–Trinajstić information content (AvgIpc) is 3.21. The number of anilines is 1. The van der Waals surface area contributed by atoms with Gasteiger partial charge in [0, 0.05) is 11.8 Å². The number of ether oxygens (including phenoxy) is 1. The smallest absolute Gasteiger partial charge is 0.311 e. The van der Waals surface area contributed by atoms with Crippen LogP contribution in [0.15, 0.2) is 72.8 Å². The Morgan fingerprint density at radius 1 is 1.11 bits per heavy atom. The first kappa shape index (κ1) is 25.2. The largest absolute Gasteiger partial charge is 0.461 e. The maximum atomic E-state index is 14.6. The average molecular weight is 551 g/mol. The molecule has 4 aliphatic rings. The van der Waals surface area contributed by atoms with Gasteiger partial charge >= 0.3 is 5.97 Å². The maximum Gasteiger partial charge on any atom is 0.311 e. The van der Waals surface area contributed by atoms with Crippen LogP contribution in [0.4, 0.5) is 5.69 Å². The Kier molecular flexibility index (Phi) is 6.37. The predicted molar refractivity (Wildman–Crippen MR) is 146 cm³/mol. The number of carbonyl (C=O) groups excluding carboxylic acids is 3. The minimum Gasteiger partial charge on any atom is -0.461 e. The Hall–Kier alpha value is -3.07. The van der Waals surface area contributed by atoms with Crippen LogP contribution >= 0.6 is 23.4 Å². The highest BCUT2D eigenvalue weighted by Gasteiger charge is 2.72. The fourth-order valence-corrected chi connectivity index (χ4v) is 8.75. The van der Waals surface area contributed by atoms with Crippen molar-refractivity contribution in [3.8, 4) is 0 Å². The molecule has 1 spiro atoms. The number of aliphatic hydroxyl groups excluding tert-OH is 1. The molecular formula is C29H27ClN2O5S. The normalized spacial score (nSPS) is 30.9. The van der Waals surface area contributed by atoms with Gasteiger partial charge < -0.3 is 19.6 Å². The van der Waals surface area contributed by atoms with Gasteiger partial charge in [0.1, 0.15) is 12.6 Å². The van der Waals surface area contributed by atoms with E-state index in [1.807, 2.05) is 67.6 Å². The van der Waals surface area contributed by atoms with Crippen molar-refractivity contribution in [1.82, 2.24) is 4.90 Å². The van der Waals surface area contributed by atoms with Crippen molar-refractivity contribution >= 4 is 46.8 Å². The monoisotopic (exact) mass is 550 g/mol. The van der Waals surface area contributed by atoms with Crippen molar-refractivity contribution in [2.24, 2.45) is 11.8 Å². The quantitative estimate of drug-likeness (QED) is 0.461. The molecule has 9 heteroatoms. The standard InChI is InChI=1S/C29H27ClN2O5S/c1-17-8-5-11-19(30)24(17)31-14-7-13-29-23(22-21(38-29)12-6-15-37-28(22)36)26(34)32(25(29)27(31)35)20(16-33)18-9-3-2-4-10-18/h2-13,20-23,25,33H,14-16H2,1H3/t20-,21-,22+,23+,25?,29+/m1/s1. The lowest BCUT2D eigenvalue weighted by Crippen LogP contribution is -2.54. The number of hydrogen-bond donors (Lipinski definition) is 1. The number of cyclic esters (lactones) is 1. The van der Waals surface area contributed by atoms with E-state index in [9.17, 15) is 19.5 Å². The zero-order valence-electron chi connectivity index (χ0n) is 20.7. The SMILES string of the molecule is Cc1cccc(Cl)c1N1CC=C[C@]23S[C@@H]4C=CCOC(=O)[C@@H]4[C@H]2C(=O)N([C@H](CO)c2ccccc2)C3C1=O. The maximum absolute atomic E-state index is 14.6. The number of halogens is 1. The van der Waals surface area contributed by atoms with Gasteiger partial charge in [0.15, 0.2) is 0 Å². The van der Waals surface area contributed by atoms with Crippen molar-refractivity contribution in [3.05, 3.63) is 89.0 Å². The van der Waals surface area contributed by atoms with Crippen molar-refractivity contribution in [2.45, 2.75) is 29.0 Å². The van der Waals surface area contributed by atoms with Crippen LogP contribution in [0.25, 0.3) is 0 Å². The molecule has 7 nitrogen and oxygen atoms in total. The molecule has 0 aliphatic carbocycles. The lowest BCUT2D eigenvalue weighted by molar-refractivity contribution is -0.152. The first-order chi connectivity index (χ1) is 18.4. The molecule has 2 amide bonds. The van der Waals surface area contributed by atoms with E-state index in [4.69, 9.17) is 16.3 Å². The second-order valence-corrected chi connectivity index (χ2v) is 11.9. The molecule has 0 saturated carbocycles. The Morgan fingerprint density at radius 3 is 2.63 bits per heavy atom. The molecule has 1 N–H and O–H groups in total. The van der Waals surface area contributed by atoms with Gasteiger partial charge in [0.25, 0.3) is 5.91 Å². The summed E-state index contributed by atoms with van der Waals surface area (Å²) in [6.45, 7) is 1.94. The number of rotatable bonds is 4. The number of likely N-dealkylation sites (tertiary alicyclic amines) is 1. The number of carbonyl (C=O) groups is 3. The van der Waals surface area contributed by atoms with Gasteiger partial charge in [0.05, 0.1) is 39.9 Å². The molecular weight excluding hydrogens is 524 g/mol. The summed E-state index contributed by atoms with van der Waals surface area (Å²) in [6, 6.07) is 12.9. The lowest BCUT2D eigenvalue weighted by Gasteiger charge is -2.39. The van der Waals surface area contributed by atoms with Crippen LogP contribution in [-0.2, 0) is 19.1 Å². The number of aryl methyl sites for hydroxylation is 1. The third kappa shape index (κ3) is 3.65. The van der Waals surface area contributed by atoms with Gasteiger partial charge in [-0.3, -0.25) is 14.4 Å². The summed E-state index contributed by atoms with van der Waals surface area (Å²) in [5.74, 6) is -2.62. The van der Waals surface area contributed by atoms with Crippen LogP contribution in [0.3, 0.4) is 0 Å². The van der Waals surface area contributed by atoms with Crippen LogP contribution in [0, 0.1) is 18.8 Å². The summed E-state index contributed by atoms with van der Waals surface area (Å²) in [4.78, 5) is 45.4. The molecule has 0 aromatic heterocycles. The molecule has 38 heavy (non-hydrogen) atoms. The Labute approximate surface area is 230 Å². The number of para-hydroxylation sites is 1. The summed E-state index contributed by atoms with van der Waals surface area (Å²) < 4.78 is 4.42. The molecule has 2 saturated heterocycles. The fraction of sp³-hybridized carbons (Fsp3) is 0.345. The number of benzene rings is 2. The van der Waals surface area contributed by atoms with E-state index in [-0.39, 0.29) is 36.8 Å². The number of fused-ring (bicyclic) bond motifs is 2. The topological polar surface area (TPSA) is 87.2 Å². The number of esters is 1. The van der Waals surface area contributed by atoms with Gasteiger partial charge in [-0.05, 0) is 24.1 Å². The van der Waals surface area contributed by atoms with E-state index in [1.54, 1.807) is 17.0 Å². The van der Waals surface area contributed by atoms with E-state index in [2.05, 4.69) is 0 Å². The Morgan fingerprint density at radius 2 is 1.89 bits per heavy atom. The van der Waals surface area contributed by atoms with Crippen LogP contribution in [-0.4, -0.2) is 63.6 Å². The molecule has 4 aliphatic heterocycles. The first-order valence-electron chi connectivity index (χ1n) is 12.6. The van der Waals surface area contributed by atoms with Crippen LogP contribution in [0.5, 0.6) is 0 Å². The molecule has 196 valence electrons. The highest BCUT2D eigenvalue weighted by Crippen LogP contribution is 2.62. The summed E-state index contributed by atoms with van der Waals surface area (Å²) in [7, 11) is 0. The zero-order valence-corrected chi connectivity index (χ0v) is 22.3. The van der Waals surface area contributed by atoms with E-state index >= 15 is 0 Å². The molecule has 6 atom stereocenters. The molecule has 0 bridgehead atoms. The van der Waals surface area contributed by atoms with Gasteiger partial charge in [-0.2, -0.15) is 0 Å². The minimum atomic E-state index is -1.02. The van der Waals surface area contributed by atoms with Gasteiger partial charge in [0.2, 0.25) is 5.91 Å². The highest BCUT2D eigenvalue weighted by molar-refractivity contribution is 8.02. The molecule has 4 heterocycles. The molecule has 6 rings (SSSR count). The molecule has 2 aromatic rings. The number of amides is 2. The number of nitrogens with zero attached hydrogens (tertiary/aromatic N) is 2. The lowest BCUT2D eigenvalue weighted by atomic mass is 9.78. The van der Waals surface area contributed by atoms with Crippen molar-refractivity contribution < 1.29 is 24.2 Å². The van der Waals surface area contributed by atoms with Gasteiger partial charge in [-0.25, -0.2) is 0 Å². The predicted octanol–water partition coefficient (Wildman–Crippen LogP) is 3.70. The highest BCUT2D eigenvalue weighted by atomic mass is 35.5. The van der Waals surface area contributed by atoms with Crippen LogP contribution < -0.4 is 4.90 Å². The van der Waals surface area contributed by atoms with Gasteiger partial charge in [-0.15, -0.1) is 11.8 Å². The first-order valence-corrected chi connectivity index (χ1v) is 13.9. The van der Waals surface area contributed by atoms with Crippen LogP contribution in [0.1, 0.15) is 17.2 Å². The summed E-state index contributed by atoms with van der Waals surface area (Å²) in [5, 5.41) is 10.7. The van der Waals surface area contributed by atoms with Crippen LogP contribution in [0.2, 0.25) is 5.02 Å². The Balaban J connectivity index is 1.54. The third-order valence-corrected chi connectivity index (χ3v) is 10.1. The van der Waals surface area contributed by atoms with Gasteiger partial charge in [-0.1, -0.05) is 78.4 Å². The van der Waals surface area contributed by atoms with E-state index in [0.717, 1.165) is 5.56 Å². The number of aliphatic hydroxyl groups is 1. The van der Waals surface area contributed by atoms with E-state index < -0.39 is 34.6 Å². The summed E-state index contributed by atoms with van der Waals surface area (Å²) in [6.07, 6.45) is 7.55. The zero-order chi connectivity index (χ0) is 26.6. The van der Waals surface area contributed by atoms with Crippen molar-refractivity contribution in [3.63, 3.8) is 0 Å². The van der Waals surface area contributed by atoms with E-state index in [0.29, 0.717) is 16.3 Å². The number of thioether (sulfide) groups is 1. The van der Waals surface area contributed by atoms with Crippen molar-refractivity contribution in [1.29, 1.82) is 0 Å². The summed E-state index contributed by atoms with van der Waals surface area (Å²) in [5.41, 5.74) is 2.14. The fourth-order valence-electron chi connectivity index (χ4n) is 6.44.